The SMILES string of the molecule is COc1ccc([C@@H]2CNCCN2C(=O)COc2ccccc2)cc1. The molecule has 0 aromatic heterocycles. The fourth-order valence-electron chi connectivity index (χ4n) is 2.87. The largest absolute Gasteiger partial charge is 0.497 e. The number of ether oxygens (including phenoxy) is 2. The molecular weight excluding hydrogens is 304 g/mol. The average Bonchev–Trinajstić information content (AvgIpc) is 2.67. The third-order valence-corrected chi connectivity index (χ3v) is 4.17. The molecule has 5 nitrogen and oxygen atoms in total. The minimum atomic E-state index is 0.00108. The molecule has 0 radical (unpaired) electrons. The van der Waals surface area contributed by atoms with Gasteiger partial charge in [0.1, 0.15) is 11.5 Å². The predicted molar refractivity (Wildman–Crippen MR) is 92.3 cm³/mol. The maximum Gasteiger partial charge on any atom is 0.261 e. The Kier molecular flexibility index (Phi) is 5.33. The summed E-state index contributed by atoms with van der Waals surface area (Å²) in [6, 6.07) is 17.3. The van der Waals surface area contributed by atoms with Crippen molar-refractivity contribution < 1.29 is 14.3 Å². The van der Waals surface area contributed by atoms with E-state index >= 15 is 0 Å². The van der Waals surface area contributed by atoms with E-state index in [0.29, 0.717) is 12.3 Å². The van der Waals surface area contributed by atoms with E-state index in [1.807, 2.05) is 59.5 Å². The molecule has 1 fully saturated rings. The molecule has 2 aromatic carbocycles. The van der Waals surface area contributed by atoms with Crippen molar-refractivity contribution in [2.75, 3.05) is 33.4 Å². The van der Waals surface area contributed by atoms with Gasteiger partial charge in [-0.25, -0.2) is 0 Å². The van der Waals surface area contributed by atoms with Crippen molar-refractivity contribution in [3.63, 3.8) is 0 Å². The van der Waals surface area contributed by atoms with Crippen LogP contribution in [-0.2, 0) is 4.79 Å². The molecule has 0 spiro atoms. The molecule has 3 rings (SSSR count). The number of piperazine rings is 1. The number of carbonyl (C=O) groups excluding carboxylic acids is 1. The summed E-state index contributed by atoms with van der Waals surface area (Å²) in [4.78, 5) is 14.5. The molecule has 24 heavy (non-hydrogen) atoms. The molecular formula is C19H22N2O3. The molecule has 0 aliphatic carbocycles. The van der Waals surface area contributed by atoms with Crippen LogP contribution in [0.1, 0.15) is 11.6 Å². The normalized spacial score (nSPS) is 17.4. The highest BCUT2D eigenvalue weighted by atomic mass is 16.5. The van der Waals surface area contributed by atoms with Crippen LogP contribution in [0.2, 0.25) is 0 Å². The number of nitrogens with one attached hydrogen (secondary N) is 1. The van der Waals surface area contributed by atoms with Gasteiger partial charge >= 0.3 is 0 Å². The van der Waals surface area contributed by atoms with E-state index < -0.39 is 0 Å². The van der Waals surface area contributed by atoms with Gasteiger partial charge in [-0.1, -0.05) is 30.3 Å². The number of amides is 1. The van der Waals surface area contributed by atoms with Gasteiger partial charge in [-0.15, -0.1) is 0 Å². The number of hydrogen-bond donors (Lipinski definition) is 1. The summed E-state index contributed by atoms with van der Waals surface area (Å²) in [6.07, 6.45) is 0. The van der Waals surface area contributed by atoms with E-state index in [1.165, 1.54) is 0 Å². The Morgan fingerprint density at radius 3 is 2.58 bits per heavy atom. The Morgan fingerprint density at radius 1 is 1.12 bits per heavy atom. The number of rotatable bonds is 5. The van der Waals surface area contributed by atoms with Gasteiger partial charge in [0.05, 0.1) is 13.2 Å². The second-order valence-electron chi connectivity index (χ2n) is 5.68. The average molecular weight is 326 g/mol. The Hall–Kier alpha value is -2.53. The first-order chi connectivity index (χ1) is 11.8. The van der Waals surface area contributed by atoms with Gasteiger partial charge in [0.15, 0.2) is 6.61 Å². The number of carbonyl (C=O) groups is 1. The smallest absolute Gasteiger partial charge is 0.261 e. The second-order valence-corrected chi connectivity index (χ2v) is 5.68. The van der Waals surface area contributed by atoms with E-state index in [9.17, 15) is 4.79 Å². The highest BCUT2D eigenvalue weighted by Gasteiger charge is 2.28. The monoisotopic (exact) mass is 326 g/mol. The van der Waals surface area contributed by atoms with Gasteiger partial charge in [0.25, 0.3) is 5.91 Å². The molecule has 0 unspecified atom stereocenters. The fraction of sp³-hybridized carbons (Fsp3) is 0.316. The lowest BCUT2D eigenvalue weighted by molar-refractivity contribution is -0.136. The molecule has 0 bridgehead atoms. The topological polar surface area (TPSA) is 50.8 Å². The highest BCUT2D eigenvalue weighted by molar-refractivity contribution is 5.78. The van der Waals surface area contributed by atoms with Crippen LogP contribution >= 0.6 is 0 Å². The molecule has 2 aromatic rings. The van der Waals surface area contributed by atoms with Crippen molar-refractivity contribution in [3.05, 3.63) is 60.2 Å². The molecule has 5 heteroatoms. The summed E-state index contributed by atoms with van der Waals surface area (Å²) in [5.74, 6) is 1.52. The van der Waals surface area contributed by atoms with Crippen LogP contribution in [0, 0.1) is 0 Å². The van der Waals surface area contributed by atoms with E-state index in [1.54, 1.807) is 7.11 Å². The van der Waals surface area contributed by atoms with Crippen LogP contribution in [0.15, 0.2) is 54.6 Å². The summed E-state index contributed by atoms with van der Waals surface area (Å²) >= 11 is 0. The van der Waals surface area contributed by atoms with Gasteiger partial charge in [-0.05, 0) is 29.8 Å². The van der Waals surface area contributed by atoms with Crippen LogP contribution in [0.25, 0.3) is 0 Å². The van der Waals surface area contributed by atoms with Crippen LogP contribution < -0.4 is 14.8 Å². The zero-order valence-corrected chi connectivity index (χ0v) is 13.8. The van der Waals surface area contributed by atoms with E-state index in [2.05, 4.69) is 5.32 Å². The van der Waals surface area contributed by atoms with Crippen molar-refractivity contribution in [2.45, 2.75) is 6.04 Å². The molecule has 1 N–H and O–H groups in total. The molecule has 1 aliphatic rings. The lowest BCUT2D eigenvalue weighted by Crippen LogP contribution is -2.50. The number of hydrogen-bond acceptors (Lipinski definition) is 4. The van der Waals surface area contributed by atoms with Crippen LogP contribution in [0.5, 0.6) is 11.5 Å². The second kappa shape index (κ2) is 7.84. The number of nitrogens with zero attached hydrogens (tertiary/aromatic N) is 1. The Labute approximate surface area is 142 Å². The fourth-order valence-corrected chi connectivity index (χ4v) is 2.87. The summed E-state index contributed by atoms with van der Waals surface area (Å²) < 4.78 is 10.8. The summed E-state index contributed by atoms with van der Waals surface area (Å²) in [5, 5.41) is 3.35. The first-order valence-electron chi connectivity index (χ1n) is 8.10. The zero-order valence-electron chi connectivity index (χ0n) is 13.8. The molecule has 0 saturated carbocycles. The number of para-hydroxylation sites is 1. The van der Waals surface area contributed by atoms with Gasteiger partial charge < -0.3 is 19.7 Å². The standard InChI is InChI=1S/C19H22N2O3/c1-23-16-9-7-15(8-10-16)18-13-20-11-12-21(18)19(22)14-24-17-5-3-2-4-6-17/h2-10,18,20H,11-14H2,1H3/t18-/m0/s1. The maximum absolute atomic E-state index is 12.6. The Balaban J connectivity index is 1.67. The highest BCUT2D eigenvalue weighted by Crippen LogP contribution is 2.24. The van der Waals surface area contributed by atoms with E-state index in [4.69, 9.17) is 9.47 Å². The van der Waals surface area contributed by atoms with Crippen molar-refractivity contribution in [2.24, 2.45) is 0 Å². The summed E-state index contributed by atoms with van der Waals surface area (Å²) in [5.41, 5.74) is 1.09. The number of methoxy groups -OCH3 is 1. The van der Waals surface area contributed by atoms with Crippen LogP contribution in [0.4, 0.5) is 0 Å². The number of benzene rings is 2. The first-order valence-corrected chi connectivity index (χ1v) is 8.10. The lowest BCUT2D eigenvalue weighted by Gasteiger charge is -2.36. The van der Waals surface area contributed by atoms with Crippen molar-refractivity contribution in [1.82, 2.24) is 10.2 Å². The minimum Gasteiger partial charge on any atom is -0.497 e. The maximum atomic E-state index is 12.6. The predicted octanol–water partition coefficient (Wildman–Crippen LogP) is 2.25. The van der Waals surface area contributed by atoms with Crippen molar-refractivity contribution >= 4 is 5.91 Å². The zero-order chi connectivity index (χ0) is 16.8. The Bertz CT molecular complexity index is 658. The van der Waals surface area contributed by atoms with Crippen LogP contribution in [-0.4, -0.2) is 44.2 Å². The minimum absolute atomic E-state index is 0.00108. The first kappa shape index (κ1) is 16.3. The van der Waals surface area contributed by atoms with Gasteiger partial charge in [0, 0.05) is 19.6 Å². The summed E-state index contributed by atoms with van der Waals surface area (Å²) in [6.45, 7) is 2.26. The molecule has 1 atom stereocenters. The molecule has 1 saturated heterocycles. The van der Waals surface area contributed by atoms with E-state index in [0.717, 1.165) is 24.4 Å². The van der Waals surface area contributed by atoms with Crippen molar-refractivity contribution in [1.29, 1.82) is 0 Å². The van der Waals surface area contributed by atoms with Gasteiger partial charge in [-0.3, -0.25) is 4.79 Å². The third kappa shape index (κ3) is 3.86. The van der Waals surface area contributed by atoms with Gasteiger partial charge in [-0.2, -0.15) is 0 Å². The quantitative estimate of drug-likeness (QED) is 0.916. The van der Waals surface area contributed by atoms with Crippen LogP contribution in [0.3, 0.4) is 0 Å². The molecule has 1 heterocycles. The lowest BCUT2D eigenvalue weighted by atomic mass is 10.0. The van der Waals surface area contributed by atoms with E-state index in [-0.39, 0.29) is 18.6 Å². The summed E-state index contributed by atoms with van der Waals surface area (Å²) in [7, 11) is 1.65. The Morgan fingerprint density at radius 2 is 1.88 bits per heavy atom. The molecule has 1 amide bonds. The third-order valence-electron chi connectivity index (χ3n) is 4.17. The van der Waals surface area contributed by atoms with Gasteiger partial charge in [0.2, 0.25) is 0 Å². The molecule has 1 aliphatic heterocycles. The van der Waals surface area contributed by atoms with Crippen molar-refractivity contribution in [3.8, 4) is 11.5 Å². The molecule has 126 valence electrons.